The van der Waals surface area contributed by atoms with Crippen molar-refractivity contribution in [1.82, 2.24) is 0 Å². The van der Waals surface area contributed by atoms with E-state index in [0.717, 1.165) is 25.7 Å². The van der Waals surface area contributed by atoms with Crippen molar-refractivity contribution >= 4 is 11.8 Å². The summed E-state index contributed by atoms with van der Waals surface area (Å²) in [5.41, 5.74) is 2.72. The first-order valence-electron chi connectivity index (χ1n) is 9.71. The summed E-state index contributed by atoms with van der Waals surface area (Å²) in [6.45, 7) is 6.47. The van der Waals surface area contributed by atoms with E-state index in [9.17, 15) is 9.59 Å². The monoisotopic (exact) mass is 340 g/mol. The molecule has 4 rings (SSSR count). The van der Waals surface area contributed by atoms with Gasteiger partial charge in [-0.25, -0.2) is 0 Å². The van der Waals surface area contributed by atoms with Crippen LogP contribution in [0.1, 0.15) is 59.3 Å². The minimum Gasteiger partial charge on any atom is -0.462 e. The molecule has 0 N–H and O–H groups in total. The molecule has 0 aromatic rings. The molecule has 0 heterocycles. The van der Waals surface area contributed by atoms with Gasteiger partial charge in [-0.2, -0.15) is 0 Å². The fourth-order valence-electron chi connectivity index (χ4n) is 5.72. The predicted octanol–water partition coefficient (Wildman–Crippen LogP) is 4.54. The lowest BCUT2D eigenvalue weighted by atomic mass is 9.54. The summed E-state index contributed by atoms with van der Waals surface area (Å²) in [7, 11) is 0. The van der Waals surface area contributed by atoms with Gasteiger partial charge in [-0.3, -0.25) is 9.59 Å². The normalized spacial score (nSPS) is 42.0. The van der Waals surface area contributed by atoms with Gasteiger partial charge in [0.25, 0.3) is 0 Å². The Morgan fingerprint density at radius 2 is 2.12 bits per heavy atom. The van der Waals surface area contributed by atoms with Gasteiger partial charge in [0.15, 0.2) is 5.78 Å². The first kappa shape index (κ1) is 16.8. The number of fused-ring (bicyclic) bond motifs is 5. The summed E-state index contributed by atoms with van der Waals surface area (Å²) in [5.74, 6) is 1.11. The summed E-state index contributed by atoms with van der Waals surface area (Å²) in [5, 5.41) is 0. The highest BCUT2D eigenvalue weighted by atomic mass is 16.5. The number of ketones is 1. The molecule has 0 radical (unpaired) electrons. The maximum atomic E-state index is 11.8. The molecule has 3 nitrogen and oxygen atoms in total. The van der Waals surface area contributed by atoms with Gasteiger partial charge in [0.1, 0.15) is 6.10 Å². The van der Waals surface area contributed by atoms with Gasteiger partial charge in [-0.05, 0) is 43.3 Å². The minimum atomic E-state index is -0.0798. The van der Waals surface area contributed by atoms with Crippen molar-refractivity contribution in [3.8, 4) is 0 Å². The van der Waals surface area contributed by atoms with Crippen molar-refractivity contribution in [1.29, 1.82) is 0 Å². The van der Waals surface area contributed by atoms with Crippen LogP contribution in [-0.4, -0.2) is 17.9 Å². The summed E-state index contributed by atoms with van der Waals surface area (Å²) in [4.78, 5) is 23.7. The van der Waals surface area contributed by atoms with Crippen molar-refractivity contribution in [2.75, 3.05) is 0 Å². The molecular formula is C22H28O3. The van der Waals surface area contributed by atoms with Gasteiger partial charge in [-0.1, -0.05) is 44.6 Å². The molecule has 0 aromatic carbocycles. The highest BCUT2D eigenvalue weighted by Crippen LogP contribution is 2.61. The van der Waals surface area contributed by atoms with E-state index in [-0.39, 0.29) is 28.7 Å². The number of hydrogen-bond acceptors (Lipinski definition) is 3. The third kappa shape index (κ3) is 2.38. The molecule has 3 heteroatoms. The lowest BCUT2D eigenvalue weighted by Crippen LogP contribution is -2.45. The topological polar surface area (TPSA) is 43.4 Å². The molecule has 0 aliphatic heterocycles. The van der Waals surface area contributed by atoms with Gasteiger partial charge in [-0.15, -0.1) is 0 Å². The number of hydrogen-bond donors (Lipinski definition) is 0. The molecule has 4 aliphatic carbocycles. The number of carbonyl (C=O) groups is 2. The Morgan fingerprint density at radius 3 is 2.88 bits per heavy atom. The SMILES string of the molecule is CCC(=O)O[C@H]1CCC2C3C=CC4=CC(=O)CCC4(C)C3=CCC21C. The van der Waals surface area contributed by atoms with Crippen LogP contribution in [0.15, 0.2) is 35.5 Å². The Hall–Kier alpha value is -1.64. The largest absolute Gasteiger partial charge is 0.462 e. The molecule has 0 bridgehead atoms. The zero-order chi connectivity index (χ0) is 17.8. The van der Waals surface area contributed by atoms with Crippen molar-refractivity contribution in [2.45, 2.75) is 65.4 Å². The Kier molecular flexibility index (Phi) is 3.82. The summed E-state index contributed by atoms with van der Waals surface area (Å²) < 4.78 is 5.81. The minimum absolute atomic E-state index is 0.00678. The quantitative estimate of drug-likeness (QED) is 0.548. The highest BCUT2D eigenvalue weighted by Gasteiger charge is 2.56. The van der Waals surface area contributed by atoms with Crippen LogP contribution in [0.5, 0.6) is 0 Å². The maximum Gasteiger partial charge on any atom is 0.305 e. The van der Waals surface area contributed by atoms with Crippen molar-refractivity contribution in [3.63, 3.8) is 0 Å². The van der Waals surface area contributed by atoms with E-state index in [1.807, 2.05) is 13.0 Å². The van der Waals surface area contributed by atoms with E-state index in [2.05, 4.69) is 32.1 Å². The third-order valence-electron chi connectivity index (χ3n) is 7.38. The number of carbonyl (C=O) groups excluding carboxylic acids is 2. The molecule has 0 amide bonds. The zero-order valence-electron chi connectivity index (χ0n) is 15.5. The Labute approximate surface area is 150 Å². The van der Waals surface area contributed by atoms with Crippen molar-refractivity contribution < 1.29 is 14.3 Å². The predicted molar refractivity (Wildman–Crippen MR) is 96.8 cm³/mol. The third-order valence-corrected chi connectivity index (χ3v) is 7.38. The van der Waals surface area contributed by atoms with Crippen LogP contribution in [0.2, 0.25) is 0 Å². The fourth-order valence-corrected chi connectivity index (χ4v) is 5.72. The Bertz CT molecular complexity index is 713. The van der Waals surface area contributed by atoms with E-state index >= 15 is 0 Å². The lowest BCUT2D eigenvalue weighted by molar-refractivity contribution is -0.155. The smallest absolute Gasteiger partial charge is 0.305 e. The van der Waals surface area contributed by atoms with Crippen molar-refractivity contribution in [2.24, 2.45) is 22.7 Å². The molecule has 0 saturated heterocycles. The second-order valence-electron chi connectivity index (χ2n) is 8.67. The summed E-state index contributed by atoms with van der Waals surface area (Å²) in [6.07, 6.45) is 13.9. The number of ether oxygens (including phenoxy) is 1. The molecule has 1 saturated carbocycles. The van der Waals surface area contributed by atoms with Gasteiger partial charge >= 0.3 is 5.97 Å². The van der Waals surface area contributed by atoms with Crippen LogP contribution in [0, 0.1) is 22.7 Å². The lowest BCUT2D eigenvalue weighted by Gasteiger charge is -2.50. The van der Waals surface area contributed by atoms with Gasteiger partial charge < -0.3 is 4.74 Å². The number of esters is 1. The first-order chi connectivity index (χ1) is 11.9. The van der Waals surface area contributed by atoms with E-state index in [4.69, 9.17) is 4.74 Å². The van der Waals surface area contributed by atoms with Crippen molar-refractivity contribution in [3.05, 3.63) is 35.5 Å². The van der Waals surface area contributed by atoms with Crippen LogP contribution in [0.4, 0.5) is 0 Å². The Balaban J connectivity index is 1.68. The molecule has 4 unspecified atom stereocenters. The molecule has 0 aromatic heterocycles. The second-order valence-corrected chi connectivity index (χ2v) is 8.67. The molecule has 0 spiro atoms. The molecule has 25 heavy (non-hydrogen) atoms. The van der Waals surface area contributed by atoms with Gasteiger partial charge in [0.05, 0.1) is 0 Å². The van der Waals surface area contributed by atoms with E-state index < -0.39 is 0 Å². The average molecular weight is 340 g/mol. The van der Waals surface area contributed by atoms with E-state index in [1.54, 1.807) is 0 Å². The van der Waals surface area contributed by atoms with Crippen LogP contribution in [-0.2, 0) is 14.3 Å². The Morgan fingerprint density at radius 1 is 1.32 bits per heavy atom. The van der Waals surface area contributed by atoms with Crippen LogP contribution in [0.25, 0.3) is 0 Å². The van der Waals surface area contributed by atoms with E-state index in [0.29, 0.717) is 24.7 Å². The summed E-state index contributed by atoms with van der Waals surface area (Å²) >= 11 is 0. The van der Waals surface area contributed by atoms with Crippen LogP contribution < -0.4 is 0 Å². The molecule has 5 atom stereocenters. The van der Waals surface area contributed by atoms with Crippen LogP contribution in [0.3, 0.4) is 0 Å². The van der Waals surface area contributed by atoms with E-state index in [1.165, 1.54) is 11.1 Å². The number of rotatable bonds is 2. The average Bonchev–Trinajstić information content (AvgIpc) is 2.92. The van der Waals surface area contributed by atoms with Gasteiger partial charge in [0.2, 0.25) is 0 Å². The molecule has 134 valence electrons. The standard InChI is InChI=1S/C22H28O3/c1-4-20(24)25-19-8-7-17-16-6-5-14-13-15(23)9-11-21(14,2)18(16)10-12-22(17,19)3/h5-6,10,13,16-17,19H,4,7-9,11-12H2,1-3H3/t16?,17?,19-,21?,22?/m0/s1. The zero-order valence-corrected chi connectivity index (χ0v) is 15.5. The second kappa shape index (κ2) is 5.69. The van der Waals surface area contributed by atoms with Gasteiger partial charge in [0, 0.05) is 29.6 Å². The highest BCUT2D eigenvalue weighted by molar-refractivity contribution is 5.92. The number of allylic oxidation sites excluding steroid dienone is 6. The molecular weight excluding hydrogens is 312 g/mol. The molecule has 1 fully saturated rings. The maximum absolute atomic E-state index is 11.8. The first-order valence-corrected chi connectivity index (χ1v) is 9.71. The van der Waals surface area contributed by atoms with Crippen LogP contribution >= 0.6 is 0 Å². The summed E-state index contributed by atoms with van der Waals surface area (Å²) in [6, 6.07) is 0. The molecule has 4 aliphatic rings. The fraction of sp³-hybridized carbons (Fsp3) is 0.636.